The van der Waals surface area contributed by atoms with Gasteiger partial charge in [-0.15, -0.1) is 11.3 Å². The lowest BCUT2D eigenvalue weighted by Crippen LogP contribution is -2.01. The molecule has 0 aliphatic carbocycles. The van der Waals surface area contributed by atoms with Gasteiger partial charge in [-0.05, 0) is 12.1 Å². The van der Waals surface area contributed by atoms with Crippen LogP contribution in [0.4, 0.5) is 0 Å². The highest BCUT2D eigenvalue weighted by atomic mass is 32.1. The molecule has 96 valence electrons. The minimum Gasteiger partial charge on any atom is -0.486 e. The number of rotatable bonds is 5. The molecule has 3 rings (SSSR count). The van der Waals surface area contributed by atoms with Crippen LogP contribution in [0.15, 0.2) is 48.4 Å². The summed E-state index contributed by atoms with van der Waals surface area (Å²) in [5.41, 5.74) is 0.974. The molecule has 2 aromatic heterocycles. The number of hydrogen-bond acceptors (Lipinski definition) is 5. The van der Waals surface area contributed by atoms with E-state index in [-0.39, 0.29) is 0 Å². The fourth-order valence-electron chi connectivity index (χ4n) is 1.63. The first-order valence-corrected chi connectivity index (χ1v) is 6.71. The molecule has 1 aromatic carbocycles. The van der Waals surface area contributed by atoms with Crippen molar-refractivity contribution in [2.24, 2.45) is 0 Å². The molecule has 0 unspecified atom stereocenters. The lowest BCUT2D eigenvalue weighted by atomic mass is 10.3. The van der Waals surface area contributed by atoms with Crippen LogP contribution in [-0.4, -0.2) is 19.7 Å². The summed E-state index contributed by atoms with van der Waals surface area (Å²) >= 11 is 1.59. The SMILES string of the molecule is c1ccc(OCc2nc(Cn3cncn3)cs2)cc1. The Bertz CT molecular complexity index is 621. The van der Waals surface area contributed by atoms with Crippen LogP contribution in [0, 0.1) is 0 Å². The van der Waals surface area contributed by atoms with Gasteiger partial charge in [-0.3, -0.25) is 0 Å². The molecule has 5 nitrogen and oxygen atoms in total. The molecular formula is C13H12N4OS. The molecule has 19 heavy (non-hydrogen) atoms. The van der Waals surface area contributed by atoms with Crippen LogP contribution >= 0.6 is 11.3 Å². The molecule has 0 spiro atoms. The minimum atomic E-state index is 0.492. The van der Waals surface area contributed by atoms with Gasteiger partial charge in [0.1, 0.15) is 30.0 Å². The zero-order valence-electron chi connectivity index (χ0n) is 10.1. The van der Waals surface area contributed by atoms with Gasteiger partial charge in [-0.2, -0.15) is 5.10 Å². The van der Waals surface area contributed by atoms with Gasteiger partial charge in [0.15, 0.2) is 0 Å². The molecule has 0 amide bonds. The quantitative estimate of drug-likeness (QED) is 0.715. The lowest BCUT2D eigenvalue weighted by molar-refractivity contribution is 0.305. The van der Waals surface area contributed by atoms with E-state index in [0.717, 1.165) is 16.5 Å². The van der Waals surface area contributed by atoms with E-state index in [0.29, 0.717) is 13.2 Å². The Labute approximate surface area is 114 Å². The summed E-state index contributed by atoms with van der Waals surface area (Å²) in [5, 5.41) is 7.03. The first kappa shape index (κ1) is 11.9. The average molecular weight is 272 g/mol. The molecule has 3 aromatic rings. The molecule has 6 heteroatoms. The monoisotopic (exact) mass is 272 g/mol. The van der Waals surface area contributed by atoms with Crippen molar-refractivity contribution in [1.82, 2.24) is 19.7 Å². The zero-order valence-corrected chi connectivity index (χ0v) is 11.0. The van der Waals surface area contributed by atoms with Gasteiger partial charge in [0.25, 0.3) is 0 Å². The number of nitrogens with zero attached hydrogens (tertiary/aromatic N) is 4. The van der Waals surface area contributed by atoms with Crippen LogP contribution < -0.4 is 4.74 Å². The third kappa shape index (κ3) is 3.17. The van der Waals surface area contributed by atoms with Gasteiger partial charge in [0, 0.05) is 5.38 Å². The molecule has 0 saturated carbocycles. The van der Waals surface area contributed by atoms with Crippen molar-refractivity contribution >= 4 is 11.3 Å². The van der Waals surface area contributed by atoms with E-state index in [1.54, 1.807) is 22.3 Å². The second-order valence-electron chi connectivity index (χ2n) is 3.93. The average Bonchev–Trinajstić information content (AvgIpc) is 3.10. The van der Waals surface area contributed by atoms with Gasteiger partial charge >= 0.3 is 0 Å². The van der Waals surface area contributed by atoms with Crippen LogP contribution in [-0.2, 0) is 13.2 Å². The van der Waals surface area contributed by atoms with E-state index in [9.17, 15) is 0 Å². The maximum absolute atomic E-state index is 5.65. The highest BCUT2D eigenvalue weighted by Crippen LogP contribution is 2.15. The zero-order chi connectivity index (χ0) is 12.9. The molecule has 0 saturated heterocycles. The van der Waals surface area contributed by atoms with Crippen molar-refractivity contribution in [1.29, 1.82) is 0 Å². The van der Waals surface area contributed by atoms with Crippen molar-refractivity contribution in [3.63, 3.8) is 0 Å². The predicted molar refractivity (Wildman–Crippen MR) is 72.0 cm³/mol. The molecule has 0 bridgehead atoms. The number of aromatic nitrogens is 4. The third-order valence-corrected chi connectivity index (χ3v) is 3.37. The maximum Gasteiger partial charge on any atom is 0.140 e. The maximum atomic E-state index is 5.65. The van der Waals surface area contributed by atoms with Crippen LogP contribution in [0.25, 0.3) is 0 Å². The highest BCUT2D eigenvalue weighted by Gasteiger charge is 2.04. The van der Waals surface area contributed by atoms with Gasteiger partial charge in [0.2, 0.25) is 0 Å². The Morgan fingerprint density at radius 1 is 1.21 bits per heavy atom. The molecule has 0 aliphatic heterocycles. The van der Waals surface area contributed by atoms with Crippen LogP contribution in [0.5, 0.6) is 5.75 Å². The summed E-state index contributed by atoms with van der Waals surface area (Å²) < 4.78 is 7.40. The first-order chi connectivity index (χ1) is 9.40. The first-order valence-electron chi connectivity index (χ1n) is 5.84. The second kappa shape index (κ2) is 5.62. The molecule has 0 atom stereocenters. The lowest BCUT2D eigenvalue weighted by Gasteiger charge is -2.02. The minimum absolute atomic E-state index is 0.492. The van der Waals surface area contributed by atoms with Gasteiger partial charge < -0.3 is 4.74 Å². The fraction of sp³-hybridized carbons (Fsp3) is 0.154. The molecule has 0 radical (unpaired) electrons. The Hall–Kier alpha value is -2.21. The van der Waals surface area contributed by atoms with Gasteiger partial charge in [-0.1, -0.05) is 18.2 Å². The number of hydrogen-bond donors (Lipinski definition) is 0. The molecular weight excluding hydrogens is 260 g/mol. The Morgan fingerprint density at radius 2 is 2.11 bits per heavy atom. The smallest absolute Gasteiger partial charge is 0.140 e. The summed E-state index contributed by atoms with van der Waals surface area (Å²) in [4.78, 5) is 8.41. The standard InChI is InChI=1S/C13H12N4OS/c1-2-4-12(5-3-1)18-7-13-16-11(8-19-13)6-17-10-14-9-15-17/h1-5,8-10H,6-7H2. The summed E-state index contributed by atoms with van der Waals surface area (Å²) in [6, 6.07) is 9.74. The molecule has 0 aliphatic rings. The van der Waals surface area contributed by atoms with E-state index in [1.165, 1.54) is 6.33 Å². The van der Waals surface area contributed by atoms with E-state index >= 15 is 0 Å². The highest BCUT2D eigenvalue weighted by molar-refractivity contribution is 7.09. The van der Waals surface area contributed by atoms with E-state index in [2.05, 4.69) is 15.1 Å². The Morgan fingerprint density at radius 3 is 2.89 bits per heavy atom. The van der Waals surface area contributed by atoms with E-state index in [4.69, 9.17) is 4.74 Å². The van der Waals surface area contributed by atoms with Gasteiger partial charge in [0.05, 0.1) is 12.2 Å². The topological polar surface area (TPSA) is 52.8 Å². The predicted octanol–water partition coefficient (Wildman–Crippen LogP) is 2.36. The van der Waals surface area contributed by atoms with Crippen molar-refractivity contribution in [3.05, 3.63) is 59.1 Å². The van der Waals surface area contributed by atoms with Crippen LogP contribution in [0.3, 0.4) is 0 Å². The number of para-hydroxylation sites is 1. The normalized spacial score (nSPS) is 10.5. The molecule has 0 fully saturated rings. The fourth-order valence-corrected chi connectivity index (χ4v) is 2.33. The van der Waals surface area contributed by atoms with Crippen molar-refractivity contribution < 1.29 is 4.74 Å². The third-order valence-electron chi connectivity index (χ3n) is 2.50. The summed E-state index contributed by atoms with van der Waals surface area (Å²) in [7, 11) is 0. The molecule has 2 heterocycles. The van der Waals surface area contributed by atoms with E-state index in [1.807, 2.05) is 35.7 Å². The summed E-state index contributed by atoms with van der Waals surface area (Å²) in [5.74, 6) is 0.857. The Balaban J connectivity index is 1.59. The van der Waals surface area contributed by atoms with Crippen LogP contribution in [0.1, 0.15) is 10.7 Å². The number of thiazole rings is 1. The number of benzene rings is 1. The summed E-state index contributed by atoms with van der Waals surface area (Å²) in [6.45, 7) is 1.13. The molecule has 0 N–H and O–H groups in total. The van der Waals surface area contributed by atoms with Gasteiger partial charge in [-0.25, -0.2) is 14.6 Å². The van der Waals surface area contributed by atoms with Crippen LogP contribution in [0.2, 0.25) is 0 Å². The Kier molecular flexibility index (Phi) is 3.51. The largest absolute Gasteiger partial charge is 0.486 e. The van der Waals surface area contributed by atoms with E-state index < -0.39 is 0 Å². The van der Waals surface area contributed by atoms with Crippen molar-refractivity contribution in [3.8, 4) is 5.75 Å². The second-order valence-corrected chi connectivity index (χ2v) is 4.87. The van der Waals surface area contributed by atoms with Crippen molar-refractivity contribution in [2.75, 3.05) is 0 Å². The summed E-state index contributed by atoms with van der Waals surface area (Å²) in [6.07, 6.45) is 3.20. The van der Waals surface area contributed by atoms with Crippen molar-refractivity contribution in [2.45, 2.75) is 13.2 Å². The number of ether oxygens (including phenoxy) is 1.